The van der Waals surface area contributed by atoms with Gasteiger partial charge in [-0.1, -0.05) is 60.3 Å². The maximum Gasteiger partial charge on any atom is 0.230 e. The first kappa shape index (κ1) is 17.0. The predicted molar refractivity (Wildman–Crippen MR) is 97.5 cm³/mol. The average Bonchev–Trinajstić information content (AvgIpc) is 3.14. The summed E-state index contributed by atoms with van der Waals surface area (Å²) in [4.78, 5) is 16.2. The van der Waals surface area contributed by atoms with Gasteiger partial charge in [-0.3, -0.25) is 9.89 Å². The van der Waals surface area contributed by atoms with Crippen LogP contribution in [0.25, 0.3) is 11.4 Å². The maximum absolute atomic E-state index is 11.9. The minimum Gasteiger partial charge on any atom is -0.492 e. The molecule has 0 aliphatic carbocycles. The number of carbonyl (C=O) groups excluding carboxylic acids is 1. The van der Waals surface area contributed by atoms with E-state index in [0.29, 0.717) is 24.1 Å². The van der Waals surface area contributed by atoms with Crippen LogP contribution >= 0.6 is 11.8 Å². The summed E-state index contributed by atoms with van der Waals surface area (Å²) in [7, 11) is 0. The third-order valence-electron chi connectivity index (χ3n) is 3.28. The molecular weight excluding hydrogens is 336 g/mol. The van der Waals surface area contributed by atoms with Gasteiger partial charge in [-0.25, -0.2) is 4.98 Å². The van der Waals surface area contributed by atoms with E-state index in [1.807, 2.05) is 60.7 Å². The van der Waals surface area contributed by atoms with Crippen molar-refractivity contribution in [1.82, 2.24) is 20.5 Å². The van der Waals surface area contributed by atoms with E-state index in [1.165, 1.54) is 11.8 Å². The molecule has 25 heavy (non-hydrogen) atoms. The molecule has 0 spiro atoms. The molecule has 3 aromatic rings. The molecule has 1 heterocycles. The molecule has 0 saturated heterocycles. The summed E-state index contributed by atoms with van der Waals surface area (Å²) in [5.74, 6) is 1.67. The van der Waals surface area contributed by atoms with E-state index >= 15 is 0 Å². The van der Waals surface area contributed by atoms with Gasteiger partial charge in [-0.05, 0) is 12.1 Å². The van der Waals surface area contributed by atoms with Gasteiger partial charge in [0.1, 0.15) is 12.4 Å². The van der Waals surface area contributed by atoms with Crippen molar-refractivity contribution in [3.05, 3.63) is 60.7 Å². The van der Waals surface area contributed by atoms with Crippen LogP contribution in [-0.2, 0) is 4.79 Å². The van der Waals surface area contributed by atoms with Crippen molar-refractivity contribution in [2.45, 2.75) is 5.16 Å². The molecule has 0 bridgehead atoms. The number of aromatic nitrogens is 3. The quantitative estimate of drug-likeness (QED) is 0.480. The Balaban J connectivity index is 1.37. The number of H-pyrrole nitrogens is 1. The first-order valence-corrected chi connectivity index (χ1v) is 8.85. The Hall–Kier alpha value is -2.80. The fraction of sp³-hybridized carbons (Fsp3) is 0.167. The van der Waals surface area contributed by atoms with Crippen LogP contribution in [0, 0.1) is 0 Å². The Bertz CT molecular complexity index is 793. The van der Waals surface area contributed by atoms with Crippen molar-refractivity contribution in [2.75, 3.05) is 18.9 Å². The van der Waals surface area contributed by atoms with Gasteiger partial charge >= 0.3 is 0 Å². The van der Waals surface area contributed by atoms with Gasteiger partial charge in [-0.15, -0.1) is 5.10 Å². The van der Waals surface area contributed by atoms with E-state index in [0.717, 1.165) is 11.3 Å². The van der Waals surface area contributed by atoms with Crippen LogP contribution in [0.15, 0.2) is 65.8 Å². The lowest BCUT2D eigenvalue weighted by Gasteiger charge is -2.06. The van der Waals surface area contributed by atoms with Gasteiger partial charge < -0.3 is 10.1 Å². The zero-order valence-electron chi connectivity index (χ0n) is 13.5. The second kappa shape index (κ2) is 8.89. The molecule has 3 rings (SSSR count). The van der Waals surface area contributed by atoms with Crippen molar-refractivity contribution in [3.63, 3.8) is 0 Å². The van der Waals surface area contributed by atoms with Crippen molar-refractivity contribution in [1.29, 1.82) is 0 Å². The molecule has 0 radical (unpaired) electrons. The van der Waals surface area contributed by atoms with Gasteiger partial charge in [-0.2, -0.15) is 0 Å². The second-order valence-electron chi connectivity index (χ2n) is 5.13. The van der Waals surface area contributed by atoms with E-state index in [-0.39, 0.29) is 11.7 Å². The number of benzene rings is 2. The second-order valence-corrected chi connectivity index (χ2v) is 6.08. The van der Waals surface area contributed by atoms with E-state index in [9.17, 15) is 4.79 Å². The minimum absolute atomic E-state index is 0.0762. The Morgan fingerprint density at radius 3 is 2.56 bits per heavy atom. The Morgan fingerprint density at radius 2 is 1.80 bits per heavy atom. The molecule has 0 saturated carbocycles. The molecule has 0 fully saturated rings. The number of ether oxygens (including phenoxy) is 1. The zero-order valence-corrected chi connectivity index (χ0v) is 14.3. The molecule has 0 aliphatic rings. The van der Waals surface area contributed by atoms with Crippen LogP contribution in [0.4, 0.5) is 0 Å². The highest BCUT2D eigenvalue weighted by molar-refractivity contribution is 7.99. The molecule has 1 amide bonds. The molecule has 6 nitrogen and oxygen atoms in total. The molecule has 7 heteroatoms. The van der Waals surface area contributed by atoms with Crippen LogP contribution in [0.2, 0.25) is 0 Å². The maximum atomic E-state index is 11.9. The van der Waals surface area contributed by atoms with E-state index in [2.05, 4.69) is 20.5 Å². The number of aromatic amines is 1. The van der Waals surface area contributed by atoms with Crippen molar-refractivity contribution < 1.29 is 9.53 Å². The minimum atomic E-state index is -0.0762. The Morgan fingerprint density at radius 1 is 1.08 bits per heavy atom. The smallest absolute Gasteiger partial charge is 0.230 e. The third-order valence-corrected chi connectivity index (χ3v) is 4.13. The average molecular weight is 354 g/mol. The monoisotopic (exact) mass is 354 g/mol. The van der Waals surface area contributed by atoms with Crippen LogP contribution in [0.5, 0.6) is 5.75 Å². The van der Waals surface area contributed by atoms with Crippen molar-refractivity contribution in [3.8, 4) is 17.1 Å². The first-order chi connectivity index (χ1) is 12.3. The van der Waals surface area contributed by atoms with Crippen LogP contribution in [0.1, 0.15) is 0 Å². The first-order valence-electron chi connectivity index (χ1n) is 7.86. The number of nitrogens with one attached hydrogen (secondary N) is 2. The van der Waals surface area contributed by atoms with Crippen LogP contribution in [-0.4, -0.2) is 40.0 Å². The number of nitrogens with zero attached hydrogens (tertiary/aromatic N) is 2. The lowest BCUT2D eigenvalue weighted by molar-refractivity contribution is -0.118. The van der Waals surface area contributed by atoms with Crippen molar-refractivity contribution >= 4 is 17.7 Å². The zero-order chi connectivity index (χ0) is 17.3. The fourth-order valence-electron chi connectivity index (χ4n) is 2.09. The number of amides is 1. The number of para-hydroxylation sites is 1. The van der Waals surface area contributed by atoms with Gasteiger partial charge in [0.15, 0.2) is 5.82 Å². The fourth-order valence-corrected chi connectivity index (χ4v) is 2.72. The van der Waals surface area contributed by atoms with E-state index in [4.69, 9.17) is 4.74 Å². The number of rotatable bonds is 8. The summed E-state index contributed by atoms with van der Waals surface area (Å²) in [5.41, 5.74) is 0.962. The summed E-state index contributed by atoms with van der Waals surface area (Å²) in [6, 6.07) is 19.2. The summed E-state index contributed by atoms with van der Waals surface area (Å²) in [5, 5.41) is 10.4. The standard InChI is InChI=1S/C18H18N4O2S/c23-16(19-11-12-24-15-9-5-2-6-10-15)13-25-18-20-17(21-22-18)14-7-3-1-4-8-14/h1-10H,11-13H2,(H,19,23)(H,20,21,22). The third kappa shape index (κ3) is 5.36. The predicted octanol–water partition coefficient (Wildman–Crippen LogP) is 2.76. The molecule has 2 aromatic carbocycles. The highest BCUT2D eigenvalue weighted by atomic mass is 32.2. The topological polar surface area (TPSA) is 79.9 Å². The van der Waals surface area contributed by atoms with Gasteiger partial charge in [0, 0.05) is 5.56 Å². The highest BCUT2D eigenvalue weighted by Gasteiger charge is 2.08. The summed E-state index contributed by atoms with van der Waals surface area (Å²) in [6.45, 7) is 0.886. The van der Waals surface area contributed by atoms with Crippen LogP contribution in [0.3, 0.4) is 0 Å². The number of thioether (sulfide) groups is 1. The Kier molecular flexibility index (Phi) is 6.06. The molecule has 0 unspecified atom stereocenters. The number of carbonyl (C=O) groups is 1. The normalized spacial score (nSPS) is 10.4. The van der Waals surface area contributed by atoms with Gasteiger partial charge in [0.05, 0.1) is 12.3 Å². The van der Waals surface area contributed by atoms with Gasteiger partial charge in [0.2, 0.25) is 11.1 Å². The highest BCUT2D eigenvalue weighted by Crippen LogP contribution is 2.18. The lowest BCUT2D eigenvalue weighted by Crippen LogP contribution is -2.29. The summed E-state index contributed by atoms with van der Waals surface area (Å²) < 4.78 is 5.52. The lowest BCUT2D eigenvalue weighted by atomic mass is 10.2. The summed E-state index contributed by atoms with van der Waals surface area (Å²) >= 11 is 1.29. The van der Waals surface area contributed by atoms with E-state index in [1.54, 1.807) is 0 Å². The van der Waals surface area contributed by atoms with Crippen LogP contribution < -0.4 is 10.1 Å². The number of hydrogen-bond acceptors (Lipinski definition) is 5. The molecule has 2 N–H and O–H groups in total. The molecule has 128 valence electrons. The summed E-state index contributed by atoms with van der Waals surface area (Å²) in [6.07, 6.45) is 0. The van der Waals surface area contributed by atoms with Gasteiger partial charge in [0.25, 0.3) is 0 Å². The van der Waals surface area contributed by atoms with E-state index < -0.39 is 0 Å². The number of hydrogen-bond donors (Lipinski definition) is 2. The SMILES string of the molecule is O=C(CSc1n[nH]c(-c2ccccc2)n1)NCCOc1ccccc1. The molecular formula is C18H18N4O2S. The molecule has 0 atom stereocenters. The molecule has 0 aliphatic heterocycles. The largest absolute Gasteiger partial charge is 0.492 e. The van der Waals surface area contributed by atoms with Crippen molar-refractivity contribution in [2.24, 2.45) is 0 Å². The molecule has 1 aromatic heterocycles. The Labute approximate surface area is 150 Å².